The number of nitrogens with zero attached hydrogens (tertiary/aromatic N) is 2. The van der Waals surface area contributed by atoms with E-state index in [4.69, 9.17) is 11.0 Å². The molecule has 0 rings (SSSR count). The lowest BCUT2D eigenvalue weighted by Gasteiger charge is -2.25. The minimum atomic E-state index is 0.521. The summed E-state index contributed by atoms with van der Waals surface area (Å²) in [7, 11) is 0. The Labute approximate surface area is 87.9 Å². The predicted octanol–water partition coefficient (Wildman–Crippen LogP) is 1.45. The molecule has 14 heavy (non-hydrogen) atoms. The van der Waals surface area contributed by atoms with Crippen LogP contribution in [0.1, 0.15) is 27.2 Å². The van der Waals surface area contributed by atoms with Crippen molar-refractivity contribution in [1.82, 2.24) is 4.90 Å². The molecule has 0 aliphatic heterocycles. The van der Waals surface area contributed by atoms with Crippen molar-refractivity contribution in [2.24, 2.45) is 17.6 Å². The van der Waals surface area contributed by atoms with Gasteiger partial charge in [0.2, 0.25) is 0 Å². The summed E-state index contributed by atoms with van der Waals surface area (Å²) in [4.78, 5) is 2.34. The van der Waals surface area contributed by atoms with Crippen LogP contribution in [0.4, 0.5) is 0 Å². The smallest absolute Gasteiger partial charge is 0.0635 e. The van der Waals surface area contributed by atoms with Crippen molar-refractivity contribution in [3.05, 3.63) is 0 Å². The number of hydrogen-bond donors (Lipinski definition) is 1. The summed E-state index contributed by atoms with van der Waals surface area (Å²) in [6.45, 7) is 10.2. The van der Waals surface area contributed by atoms with Gasteiger partial charge in [0, 0.05) is 26.1 Å². The van der Waals surface area contributed by atoms with E-state index >= 15 is 0 Å². The standard InChI is InChI=1S/C11H23N3/c1-10(2)8-14(6-4-5-12)9-11(3)7-13/h10-11H,4,6-9,13H2,1-3H3. The topological polar surface area (TPSA) is 53.0 Å². The lowest BCUT2D eigenvalue weighted by molar-refractivity contribution is 0.220. The van der Waals surface area contributed by atoms with Gasteiger partial charge in [0.05, 0.1) is 6.07 Å². The van der Waals surface area contributed by atoms with Crippen molar-refractivity contribution >= 4 is 0 Å². The Morgan fingerprint density at radius 1 is 1.29 bits per heavy atom. The van der Waals surface area contributed by atoms with Gasteiger partial charge in [-0.15, -0.1) is 0 Å². The fourth-order valence-electron chi connectivity index (χ4n) is 1.50. The van der Waals surface area contributed by atoms with Gasteiger partial charge < -0.3 is 10.6 Å². The molecule has 0 bridgehead atoms. The highest BCUT2D eigenvalue weighted by Crippen LogP contribution is 2.03. The van der Waals surface area contributed by atoms with Crippen LogP contribution in [-0.2, 0) is 0 Å². The predicted molar refractivity (Wildman–Crippen MR) is 59.7 cm³/mol. The molecule has 0 radical (unpaired) electrons. The third kappa shape index (κ3) is 6.88. The Balaban J connectivity index is 3.91. The van der Waals surface area contributed by atoms with Gasteiger partial charge in [0.25, 0.3) is 0 Å². The molecule has 82 valence electrons. The molecule has 1 unspecified atom stereocenters. The molecule has 0 spiro atoms. The number of hydrogen-bond acceptors (Lipinski definition) is 3. The molecule has 0 aromatic heterocycles. The first-order valence-electron chi connectivity index (χ1n) is 5.39. The molecule has 0 fully saturated rings. The summed E-state index contributed by atoms with van der Waals surface area (Å²) in [5.41, 5.74) is 5.59. The van der Waals surface area contributed by atoms with Gasteiger partial charge in [-0.2, -0.15) is 5.26 Å². The van der Waals surface area contributed by atoms with E-state index in [1.807, 2.05) is 0 Å². The zero-order chi connectivity index (χ0) is 11.0. The monoisotopic (exact) mass is 197 g/mol. The molecule has 2 N–H and O–H groups in total. The van der Waals surface area contributed by atoms with Gasteiger partial charge >= 0.3 is 0 Å². The zero-order valence-corrected chi connectivity index (χ0v) is 9.66. The molecule has 1 atom stereocenters. The van der Waals surface area contributed by atoms with Gasteiger partial charge in [-0.1, -0.05) is 20.8 Å². The highest BCUT2D eigenvalue weighted by Gasteiger charge is 2.10. The van der Waals surface area contributed by atoms with E-state index in [1.165, 1.54) is 0 Å². The fourth-order valence-corrected chi connectivity index (χ4v) is 1.50. The summed E-state index contributed by atoms with van der Waals surface area (Å²) in [6, 6.07) is 2.19. The third-order valence-electron chi connectivity index (χ3n) is 2.14. The van der Waals surface area contributed by atoms with Crippen molar-refractivity contribution in [2.75, 3.05) is 26.2 Å². The van der Waals surface area contributed by atoms with Crippen LogP contribution in [0.2, 0.25) is 0 Å². The van der Waals surface area contributed by atoms with Gasteiger partial charge in [0.1, 0.15) is 0 Å². The summed E-state index contributed by atoms with van der Waals surface area (Å²) < 4.78 is 0. The Morgan fingerprint density at radius 3 is 2.36 bits per heavy atom. The Morgan fingerprint density at radius 2 is 1.93 bits per heavy atom. The minimum absolute atomic E-state index is 0.521. The Bertz CT molecular complexity index is 172. The molecule has 3 heteroatoms. The number of nitrogens with two attached hydrogens (primary N) is 1. The SMILES string of the molecule is CC(C)CN(CCC#N)CC(C)CN. The van der Waals surface area contributed by atoms with Crippen LogP contribution in [-0.4, -0.2) is 31.1 Å². The van der Waals surface area contributed by atoms with Crippen LogP contribution < -0.4 is 5.73 Å². The average molecular weight is 197 g/mol. The summed E-state index contributed by atoms with van der Waals surface area (Å²) >= 11 is 0. The van der Waals surface area contributed by atoms with Crippen LogP contribution in [0, 0.1) is 23.2 Å². The first-order valence-corrected chi connectivity index (χ1v) is 5.39. The molecule has 0 amide bonds. The first kappa shape index (κ1) is 13.4. The van der Waals surface area contributed by atoms with Crippen LogP contribution in [0.15, 0.2) is 0 Å². The normalized spacial score (nSPS) is 13.2. The first-order chi connectivity index (χ1) is 6.60. The second kappa shape index (κ2) is 7.78. The van der Waals surface area contributed by atoms with Crippen LogP contribution in [0.3, 0.4) is 0 Å². The average Bonchev–Trinajstić information content (AvgIpc) is 2.13. The van der Waals surface area contributed by atoms with E-state index < -0.39 is 0 Å². The van der Waals surface area contributed by atoms with Crippen molar-refractivity contribution < 1.29 is 0 Å². The van der Waals surface area contributed by atoms with E-state index in [0.717, 1.165) is 26.2 Å². The molecule has 0 saturated carbocycles. The Hall–Kier alpha value is -0.590. The van der Waals surface area contributed by atoms with Gasteiger partial charge in [-0.3, -0.25) is 0 Å². The number of nitriles is 1. The van der Waals surface area contributed by atoms with E-state index in [-0.39, 0.29) is 0 Å². The molecular weight excluding hydrogens is 174 g/mol. The van der Waals surface area contributed by atoms with Crippen molar-refractivity contribution in [1.29, 1.82) is 5.26 Å². The highest BCUT2D eigenvalue weighted by molar-refractivity contribution is 4.74. The molecule has 0 aromatic rings. The van der Waals surface area contributed by atoms with Crippen LogP contribution in [0.5, 0.6) is 0 Å². The lowest BCUT2D eigenvalue weighted by atomic mass is 10.1. The minimum Gasteiger partial charge on any atom is -0.330 e. The lowest BCUT2D eigenvalue weighted by Crippen LogP contribution is -2.35. The summed E-state index contributed by atoms with van der Waals surface area (Å²) in [6.07, 6.45) is 0.615. The molecule has 0 aliphatic carbocycles. The van der Waals surface area contributed by atoms with E-state index in [1.54, 1.807) is 0 Å². The highest BCUT2D eigenvalue weighted by atomic mass is 15.1. The van der Waals surface area contributed by atoms with Gasteiger partial charge in [-0.05, 0) is 18.4 Å². The van der Waals surface area contributed by atoms with Crippen LogP contribution in [0.25, 0.3) is 0 Å². The van der Waals surface area contributed by atoms with Crippen LogP contribution >= 0.6 is 0 Å². The molecule has 0 saturated heterocycles. The quantitative estimate of drug-likeness (QED) is 0.672. The van der Waals surface area contributed by atoms with Crippen molar-refractivity contribution in [3.8, 4) is 6.07 Å². The maximum atomic E-state index is 8.54. The fraction of sp³-hybridized carbons (Fsp3) is 0.909. The maximum Gasteiger partial charge on any atom is 0.0635 e. The summed E-state index contributed by atoms with van der Waals surface area (Å²) in [5, 5.41) is 8.54. The van der Waals surface area contributed by atoms with E-state index in [9.17, 15) is 0 Å². The van der Waals surface area contributed by atoms with Gasteiger partial charge in [0.15, 0.2) is 0 Å². The molecule has 0 aromatic carbocycles. The largest absolute Gasteiger partial charge is 0.330 e. The molecule has 3 nitrogen and oxygen atoms in total. The Kier molecular flexibility index (Phi) is 7.45. The zero-order valence-electron chi connectivity index (χ0n) is 9.66. The summed E-state index contributed by atoms with van der Waals surface area (Å²) in [5.74, 6) is 1.17. The third-order valence-corrected chi connectivity index (χ3v) is 2.14. The molecular formula is C11H23N3. The second-order valence-electron chi connectivity index (χ2n) is 4.40. The van der Waals surface area contributed by atoms with E-state index in [0.29, 0.717) is 18.3 Å². The second-order valence-corrected chi connectivity index (χ2v) is 4.40. The van der Waals surface area contributed by atoms with E-state index in [2.05, 4.69) is 31.7 Å². The maximum absolute atomic E-state index is 8.54. The van der Waals surface area contributed by atoms with Crippen molar-refractivity contribution in [3.63, 3.8) is 0 Å². The molecule has 0 heterocycles. The van der Waals surface area contributed by atoms with Crippen molar-refractivity contribution in [2.45, 2.75) is 27.2 Å². The van der Waals surface area contributed by atoms with Gasteiger partial charge in [-0.25, -0.2) is 0 Å². The number of rotatable bonds is 7. The molecule has 0 aliphatic rings.